The number of nitrogens with zero attached hydrogens (tertiary/aromatic N) is 2. The molecular formula is C24H31N3O2. The van der Waals surface area contributed by atoms with Gasteiger partial charge in [0.05, 0.1) is 6.61 Å². The molecule has 2 aliphatic rings. The fourth-order valence-electron chi connectivity index (χ4n) is 3.99. The summed E-state index contributed by atoms with van der Waals surface area (Å²) in [4.78, 5) is 7.26. The third kappa shape index (κ3) is 5.22. The molecule has 0 aliphatic carbocycles. The molecular weight excluding hydrogens is 362 g/mol. The molecule has 1 saturated heterocycles. The van der Waals surface area contributed by atoms with E-state index < -0.39 is 0 Å². The number of guanidine groups is 1. The Morgan fingerprint density at radius 1 is 1.17 bits per heavy atom. The van der Waals surface area contributed by atoms with E-state index in [1.807, 2.05) is 30.3 Å². The lowest BCUT2D eigenvalue weighted by molar-refractivity contribution is 0.129. The maximum atomic E-state index is 6.12. The fraction of sp³-hybridized carbons (Fsp3) is 0.458. The Kier molecular flexibility index (Phi) is 6.55. The molecule has 0 unspecified atom stereocenters. The topological polar surface area (TPSA) is 46.1 Å². The summed E-state index contributed by atoms with van der Waals surface area (Å²) in [6, 6.07) is 16.7. The largest absolute Gasteiger partial charge is 0.493 e. The van der Waals surface area contributed by atoms with Crippen molar-refractivity contribution in [1.29, 1.82) is 0 Å². The first-order valence-electron chi connectivity index (χ1n) is 10.8. The van der Waals surface area contributed by atoms with Gasteiger partial charge in [-0.3, -0.25) is 4.99 Å². The van der Waals surface area contributed by atoms with Crippen LogP contribution in [0, 0.1) is 0 Å². The number of fused-ring (bicyclic) bond motifs is 1. The van der Waals surface area contributed by atoms with Gasteiger partial charge in [-0.25, -0.2) is 0 Å². The SMILES string of the molecule is CCNC(=NCCc1ccc2c(c1)CCO2)N1CCC(Oc2ccccc2)CC1. The number of likely N-dealkylation sites (tertiary alicyclic amines) is 1. The number of hydrogen-bond donors (Lipinski definition) is 1. The molecule has 1 N–H and O–H groups in total. The molecule has 5 heteroatoms. The molecule has 29 heavy (non-hydrogen) atoms. The Labute approximate surface area is 173 Å². The van der Waals surface area contributed by atoms with Crippen molar-refractivity contribution in [2.24, 2.45) is 4.99 Å². The number of aliphatic imine (C=N–C) groups is 1. The maximum absolute atomic E-state index is 6.12. The van der Waals surface area contributed by atoms with Crippen LogP contribution >= 0.6 is 0 Å². The van der Waals surface area contributed by atoms with Crippen molar-refractivity contribution in [3.8, 4) is 11.5 Å². The van der Waals surface area contributed by atoms with Crippen LogP contribution in [0.3, 0.4) is 0 Å². The van der Waals surface area contributed by atoms with Gasteiger partial charge < -0.3 is 19.7 Å². The second-order valence-corrected chi connectivity index (χ2v) is 7.64. The molecule has 2 aliphatic heterocycles. The lowest BCUT2D eigenvalue weighted by Crippen LogP contribution is -2.47. The predicted octanol–water partition coefficient (Wildman–Crippen LogP) is 3.67. The fourth-order valence-corrected chi connectivity index (χ4v) is 3.99. The molecule has 154 valence electrons. The van der Waals surface area contributed by atoms with Crippen LogP contribution in [0.2, 0.25) is 0 Å². The third-order valence-electron chi connectivity index (χ3n) is 5.54. The lowest BCUT2D eigenvalue weighted by atomic mass is 10.1. The van der Waals surface area contributed by atoms with Crippen LogP contribution in [0.15, 0.2) is 53.5 Å². The maximum Gasteiger partial charge on any atom is 0.193 e. The Morgan fingerprint density at radius 2 is 2.00 bits per heavy atom. The monoisotopic (exact) mass is 393 g/mol. The van der Waals surface area contributed by atoms with Gasteiger partial charge in [-0.1, -0.05) is 30.3 Å². The number of hydrogen-bond acceptors (Lipinski definition) is 3. The zero-order valence-electron chi connectivity index (χ0n) is 17.3. The van der Waals surface area contributed by atoms with Crippen molar-refractivity contribution in [1.82, 2.24) is 10.2 Å². The lowest BCUT2D eigenvalue weighted by Gasteiger charge is -2.34. The molecule has 0 saturated carbocycles. The predicted molar refractivity (Wildman–Crippen MR) is 117 cm³/mol. The van der Waals surface area contributed by atoms with Gasteiger partial charge in [0.1, 0.15) is 17.6 Å². The molecule has 0 spiro atoms. The summed E-state index contributed by atoms with van der Waals surface area (Å²) in [7, 11) is 0. The number of para-hydroxylation sites is 1. The quantitative estimate of drug-likeness (QED) is 0.601. The molecule has 0 aromatic heterocycles. The van der Waals surface area contributed by atoms with E-state index in [2.05, 4.69) is 35.3 Å². The Hall–Kier alpha value is -2.69. The van der Waals surface area contributed by atoms with Crippen molar-refractivity contribution < 1.29 is 9.47 Å². The van der Waals surface area contributed by atoms with E-state index in [-0.39, 0.29) is 6.10 Å². The molecule has 5 nitrogen and oxygen atoms in total. The van der Waals surface area contributed by atoms with Gasteiger partial charge in [0, 0.05) is 45.4 Å². The van der Waals surface area contributed by atoms with E-state index in [0.717, 1.165) is 75.9 Å². The standard InChI is InChI=1S/C24H31N3O2/c1-2-25-24(26-14-10-19-8-9-23-20(18-19)13-17-28-23)27-15-11-22(12-16-27)29-21-6-4-3-5-7-21/h3-9,18,22H,2,10-17H2,1H3,(H,25,26). The normalized spacial score (nSPS) is 17.0. The summed E-state index contributed by atoms with van der Waals surface area (Å²) in [5, 5.41) is 3.46. The number of benzene rings is 2. The molecule has 2 aromatic rings. The molecule has 0 amide bonds. The van der Waals surface area contributed by atoms with Gasteiger partial charge in [-0.2, -0.15) is 0 Å². The van der Waals surface area contributed by atoms with Gasteiger partial charge in [0.15, 0.2) is 5.96 Å². The van der Waals surface area contributed by atoms with Gasteiger partial charge in [0.2, 0.25) is 0 Å². The van der Waals surface area contributed by atoms with E-state index in [1.54, 1.807) is 0 Å². The highest BCUT2D eigenvalue weighted by atomic mass is 16.5. The average molecular weight is 394 g/mol. The summed E-state index contributed by atoms with van der Waals surface area (Å²) in [6.45, 7) is 6.56. The molecule has 1 fully saturated rings. The second kappa shape index (κ2) is 9.68. The summed E-state index contributed by atoms with van der Waals surface area (Å²) in [5.41, 5.74) is 2.67. The summed E-state index contributed by atoms with van der Waals surface area (Å²) < 4.78 is 11.7. The van der Waals surface area contributed by atoms with Crippen LogP contribution in [-0.2, 0) is 12.8 Å². The van der Waals surface area contributed by atoms with Gasteiger partial charge in [-0.05, 0) is 42.7 Å². The van der Waals surface area contributed by atoms with E-state index >= 15 is 0 Å². The summed E-state index contributed by atoms with van der Waals surface area (Å²) >= 11 is 0. The van der Waals surface area contributed by atoms with E-state index in [0.29, 0.717) is 0 Å². The van der Waals surface area contributed by atoms with Crippen LogP contribution < -0.4 is 14.8 Å². The van der Waals surface area contributed by atoms with Crippen molar-refractivity contribution in [3.63, 3.8) is 0 Å². The second-order valence-electron chi connectivity index (χ2n) is 7.64. The molecule has 0 atom stereocenters. The third-order valence-corrected chi connectivity index (χ3v) is 5.54. The van der Waals surface area contributed by atoms with Crippen molar-refractivity contribution in [2.45, 2.75) is 38.7 Å². The zero-order chi connectivity index (χ0) is 19.9. The van der Waals surface area contributed by atoms with Crippen LogP contribution in [0.25, 0.3) is 0 Å². The van der Waals surface area contributed by atoms with E-state index in [4.69, 9.17) is 14.5 Å². The summed E-state index contributed by atoms with van der Waals surface area (Å²) in [5.74, 6) is 3.03. The van der Waals surface area contributed by atoms with Crippen LogP contribution in [0.5, 0.6) is 11.5 Å². The molecule has 2 heterocycles. The van der Waals surface area contributed by atoms with Crippen molar-refractivity contribution in [3.05, 3.63) is 59.7 Å². The Bertz CT molecular complexity index is 814. The first-order valence-corrected chi connectivity index (χ1v) is 10.8. The zero-order valence-corrected chi connectivity index (χ0v) is 17.3. The average Bonchev–Trinajstić information content (AvgIpc) is 3.22. The summed E-state index contributed by atoms with van der Waals surface area (Å²) in [6.07, 6.45) is 4.30. The van der Waals surface area contributed by atoms with Crippen LogP contribution in [0.1, 0.15) is 30.9 Å². The van der Waals surface area contributed by atoms with Gasteiger partial charge in [0.25, 0.3) is 0 Å². The van der Waals surface area contributed by atoms with Crippen molar-refractivity contribution >= 4 is 5.96 Å². The van der Waals surface area contributed by atoms with E-state index in [9.17, 15) is 0 Å². The Balaban J connectivity index is 1.29. The first-order chi connectivity index (χ1) is 14.3. The number of ether oxygens (including phenoxy) is 2. The minimum absolute atomic E-state index is 0.283. The van der Waals surface area contributed by atoms with Gasteiger partial charge in [-0.15, -0.1) is 0 Å². The van der Waals surface area contributed by atoms with Crippen LogP contribution in [-0.4, -0.2) is 49.7 Å². The highest BCUT2D eigenvalue weighted by Gasteiger charge is 2.22. The van der Waals surface area contributed by atoms with Crippen molar-refractivity contribution in [2.75, 3.05) is 32.8 Å². The number of piperidine rings is 1. The highest BCUT2D eigenvalue weighted by Crippen LogP contribution is 2.26. The van der Waals surface area contributed by atoms with Crippen LogP contribution in [0.4, 0.5) is 0 Å². The highest BCUT2D eigenvalue weighted by molar-refractivity contribution is 5.80. The molecule has 2 aromatic carbocycles. The molecule has 0 radical (unpaired) electrons. The molecule has 4 rings (SSSR count). The first kappa shape index (κ1) is 19.6. The molecule has 0 bridgehead atoms. The van der Waals surface area contributed by atoms with E-state index in [1.165, 1.54) is 11.1 Å². The Morgan fingerprint density at radius 3 is 2.79 bits per heavy atom. The number of nitrogens with one attached hydrogen (secondary N) is 1. The minimum Gasteiger partial charge on any atom is -0.493 e. The minimum atomic E-state index is 0.283. The number of rotatable bonds is 6. The van der Waals surface area contributed by atoms with Gasteiger partial charge >= 0.3 is 0 Å². The smallest absolute Gasteiger partial charge is 0.193 e.